The maximum absolute atomic E-state index is 4.30. The molecule has 2 fully saturated rings. The summed E-state index contributed by atoms with van der Waals surface area (Å²) in [6, 6.07) is 3.35. The van der Waals surface area contributed by atoms with Gasteiger partial charge in [-0.25, -0.2) is 0 Å². The van der Waals surface area contributed by atoms with Crippen molar-refractivity contribution in [3.63, 3.8) is 0 Å². The molecule has 1 aromatic heterocycles. The van der Waals surface area contributed by atoms with Crippen LogP contribution in [-0.4, -0.2) is 59.4 Å². The first-order chi connectivity index (χ1) is 9.85. The van der Waals surface area contributed by atoms with E-state index in [2.05, 4.69) is 25.6 Å². The van der Waals surface area contributed by atoms with E-state index in [0.29, 0.717) is 6.04 Å². The molecule has 2 N–H and O–H groups in total. The molecule has 21 heavy (non-hydrogen) atoms. The molecule has 0 radical (unpaired) electrons. The van der Waals surface area contributed by atoms with Crippen molar-refractivity contribution in [1.82, 2.24) is 25.3 Å². The lowest BCUT2D eigenvalue weighted by atomic mass is 10.3. The Labute approximate surface area is 143 Å². The molecule has 6 nitrogen and oxygen atoms in total. The highest BCUT2D eigenvalue weighted by atomic mass is 127. The lowest BCUT2D eigenvalue weighted by Gasteiger charge is -2.18. The third-order valence-electron chi connectivity index (χ3n) is 4.04. The van der Waals surface area contributed by atoms with E-state index >= 15 is 0 Å². The minimum atomic E-state index is 0. The Bertz CT molecular complexity index is 442. The normalized spacial score (nSPS) is 22.9. The summed E-state index contributed by atoms with van der Waals surface area (Å²) in [4.78, 5) is 6.91. The lowest BCUT2D eigenvalue weighted by molar-refractivity contribution is 0.321. The summed E-state index contributed by atoms with van der Waals surface area (Å²) in [5.41, 5.74) is 0. The summed E-state index contributed by atoms with van der Waals surface area (Å²) in [7, 11) is 1.83. The molecule has 0 aromatic carbocycles. The largest absolute Gasteiger partial charge is 0.355 e. The van der Waals surface area contributed by atoms with Crippen molar-refractivity contribution in [2.75, 3.05) is 26.7 Å². The van der Waals surface area contributed by atoms with Crippen LogP contribution < -0.4 is 10.6 Å². The number of halogens is 1. The predicted octanol–water partition coefficient (Wildman–Crippen LogP) is 0.903. The van der Waals surface area contributed by atoms with Crippen LogP contribution in [0.5, 0.6) is 0 Å². The topological polar surface area (TPSA) is 57.5 Å². The molecule has 1 unspecified atom stereocenters. The Kier molecular flexibility index (Phi) is 6.28. The van der Waals surface area contributed by atoms with Crippen LogP contribution >= 0.6 is 24.0 Å². The molecule has 2 aliphatic rings. The monoisotopic (exact) mass is 404 g/mol. The first kappa shape index (κ1) is 16.5. The fourth-order valence-corrected chi connectivity index (χ4v) is 2.79. The molecule has 0 amide bonds. The predicted molar refractivity (Wildman–Crippen MR) is 95.1 cm³/mol. The molecule has 1 aliphatic carbocycles. The van der Waals surface area contributed by atoms with Crippen LogP contribution in [0.4, 0.5) is 0 Å². The number of nitrogens with zero attached hydrogens (tertiary/aromatic N) is 4. The summed E-state index contributed by atoms with van der Waals surface area (Å²) in [5.74, 6) is 0.903. The number of hydrogen-bond donors (Lipinski definition) is 2. The van der Waals surface area contributed by atoms with Crippen LogP contribution in [0.1, 0.15) is 19.3 Å². The van der Waals surface area contributed by atoms with Gasteiger partial charge in [0.25, 0.3) is 0 Å². The quantitative estimate of drug-likeness (QED) is 0.435. The first-order valence-electron chi connectivity index (χ1n) is 7.54. The van der Waals surface area contributed by atoms with Gasteiger partial charge < -0.3 is 10.6 Å². The van der Waals surface area contributed by atoms with Gasteiger partial charge in [-0.3, -0.25) is 14.6 Å². The Hall–Kier alpha value is -0.830. The van der Waals surface area contributed by atoms with Crippen molar-refractivity contribution >= 4 is 29.9 Å². The minimum Gasteiger partial charge on any atom is -0.355 e. The summed E-state index contributed by atoms with van der Waals surface area (Å²) < 4.78 is 1.92. The zero-order valence-corrected chi connectivity index (χ0v) is 14.9. The average Bonchev–Trinajstić information content (AvgIpc) is 2.99. The number of nitrogens with one attached hydrogen (secondary N) is 2. The molecule has 1 aliphatic heterocycles. The molecular weight excluding hydrogens is 379 g/mol. The van der Waals surface area contributed by atoms with Gasteiger partial charge in [0, 0.05) is 51.2 Å². The van der Waals surface area contributed by atoms with Crippen LogP contribution in [0.15, 0.2) is 23.5 Å². The molecule has 1 saturated carbocycles. The van der Waals surface area contributed by atoms with E-state index < -0.39 is 0 Å². The number of likely N-dealkylation sites (tertiary alicyclic amines) is 1. The first-order valence-corrected chi connectivity index (χ1v) is 7.54. The van der Waals surface area contributed by atoms with Gasteiger partial charge in [-0.1, -0.05) is 0 Å². The number of aromatic nitrogens is 2. The molecule has 3 rings (SSSR count). The SMILES string of the molecule is CN=C(NCCn1cccn1)NC1CCN(C2CC2)C1.I. The van der Waals surface area contributed by atoms with Gasteiger partial charge >= 0.3 is 0 Å². The van der Waals surface area contributed by atoms with Crippen LogP contribution in [0.25, 0.3) is 0 Å². The Morgan fingerprint density at radius 1 is 1.38 bits per heavy atom. The van der Waals surface area contributed by atoms with E-state index in [1.807, 2.05) is 24.0 Å². The van der Waals surface area contributed by atoms with Crippen molar-refractivity contribution in [2.24, 2.45) is 4.99 Å². The zero-order chi connectivity index (χ0) is 13.8. The molecule has 1 atom stereocenters. The van der Waals surface area contributed by atoms with Gasteiger partial charge in [0.15, 0.2) is 5.96 Å². The van der Waals surface area contributed by atoms with Crippen molar-refractivity contribution in [3.8, 4) is 0 Å². The third kappa shape index (κ3) is 4.84. The van der Waals surface area contributed by atoms with Crippen molar-refractivity contribution in [1.29, 1.82) is 0 Å². The van der Waals surface area contributed by atoms with Crippen LogP contribution in [-0.2, 0) is 6.54 Å². The second kappa shape index (κ2) is 7.98. The van der Waals surface area contributed by atoms with Gasteiger partial charge in [0.05, 0.1) is 6.54 Å². The van der Waals surface area contributed by atoms with E-state index in [1.54, 1.807) is 6.20 Å². The van der Waals surface area contributed by atoms with Gasteiger partial charge in [-0.2, -0.15) is 5.10 Å². The minimum absolute atomic E-state index is 0. The van der Waals surface area contributed by atoms with Gasteiger partial charge in [-0.05, 0) is 25.3 Å². The smallest absolute Gasteiger partial charge is 0.191 e. The molecular formula is C14H25IN6. The zero-order valence-electron chi connectivity index (χ0n) is 12.5. The van der Waals surface area contributed by atoms with Crippen molar-refractivity contribution in [3.05, 3.63) is 18.5 Å². The van der Waals surface area contributed by atoms with Crippen molar-refractivity contribution in [2.45, 2.75) is 37.9 Å². The standard InChI is InChI=1S/C14H24N6.HI/c1-15-14(16-7-10-20-8-2-6-17-20)18-12-5-9-19(11-12)13-3-4-13;/h2,6,8,12-13H,3-5,7,9-11H2,1H3,(H2,15,16,18);1H. The highest BCUT2D eigenvalue weighted by Crippen LogP contribution is 2.29. The Morgan fingerprint density at radius 2 is 2.24 bits per heavy atom. The van der Waals surface area contributed by atoms with E-state index in [1.165, 1.54) is 25.8 Å². The van der Waals surface area contributed by atoms with Gasteiger partial charge in [0.2, 0.25) is 0 Å². The summed E-state index contributed by atoms with van der Waals surface area (Å²) in [5, 5.41) is 11.1. The second-order valence-electron chi connectivity index (χ2n) is 5.62. The Balaban J connectivity index is 0.00000161. The maximum atomic E-state index is 4.30. The summed E-state index contributed by atoms with van der Waals surface area (Å²) in [6.07, 6.45) is 7.78. The number of hydrogen-bond acceptors (Lipinski definition) is 3. The van der Waals surface area contributed by atoms with Crippen LogP contribution in [0.3, 0.4) is 0 Å². The lowest BCUT2D eigenvalue weighted by Crippen LogP contribution is -2.45. The highest BCUT2D eigenvalue weighted by Gasteiger charge is 2.34. The molecule has 0 spiro atoms. The van der Waals surface area contributed by atoms with Gasteiger partial charge in [-0.15, -0.1) is 24.0 Å². The van der Waals surface area contributed by atoms with Crippen LogP contribution in [0.2, 0.25) is 0 Å². The highest BCUT2D eigenvalue weighted by molar-refractivity contribution is 14.0. The average molecular weight is 404 g/mol. The molecule has 1 saturated heterocycles. The van der Waals surface area contributed by atoms with Gasteiger partial charge in [0.1, 0.15) is 0 Å². The van der Waals surface area contributed by atoms with E-state index in [0.717, 1.165) is 31.6 Å². The Morgan fingerprint density at radius 3 is 2.90 bits per heavy atom. The summed E-state index contributed by atoms with van der Waals surface area (Å²) in [6.45, 7) is 4.07. The van der Waals surface area contributed by atoms with E-state index in [4.69, 9.17) is 0 Å². The molecule has 0 bridgehead atoms. The maximum Gasteiger partial charge on any atom is 0.191 e. The van der Waals surface area contributed by atoms with E-state index in [-0.39, 0.29) is 24.0 Å². The van der Waals surface area contributed by atoms with Crippen molar-refractivity contribution < 1.29 is 0 Å². The fraction of sp³-hybridized carbons (Fsp3) is 0.714. The number of aliphatic imine (C=N–C) groups is 1. The number of guanidine groups is 1. The molecule has 118 valence electrons. The number of rotatable bonds is 5. The second-order valence-corrected chi connectivity index (χ2v) is 5.62. The third-order valence-corrected chi connectivity index (χ3v) is 4.04. The van der Waals surface area contributed by atoms with E-state index in [9.17, 15) is 0 Å². The molecule has 7 heteroatoms. The fourth-order valence-electron chi connectivity index (χ4n) is 2.79. The molecule has 2 heterocycles. The summed E-state index contributed by atoms with van der Waals surface area (Å²) >= 11 is 0. The molecule has 1 aromatic rings. The van der Waals surface area contributed by atoms with Crippen LogP contribution in [0, 0.1) is 0 Å².